The third-order valence-electron chi connectivity index (χ3n) is 3.06. The van der Waals surface area contributed by atoms with Crippen LogP contribution in [0.1, 0.15) is 11.1 Å². The quantitative estimate of drug-likeness (QED) is 0.827. The Labute approximate surface area is 138 Å². The van der Waals surface area contributed by atoms with Crippen LogP contribution in [0.2, 0.25) is 0 Å². The Hall–Kier alpha value is -1.85. The molecule has 1 amide bonds. The van der Waals surface area contributed by atoms with Gasteiger partial charge in [-0.05, 0) is 23.3 Å². The molecule has 2 aromatic carbocycles. The molecule has 2 rings (SSSR count). The maximum absolute atomic E-state index is 11.6. The molecule has 0 fully saturated rings. The number of ether oxygens (including phenoxy) is 1. The molecule has 2 aromatic rings. The fourth-order valence-corrected chi connectivity index (χ4v) is 2.43. The molecule has 0 radical (unpaired) electrons. The monoisotopic (exact) mass is 363 g/mol. The highest BCUT2D eigenvalue weighted by Gasteiger charge is 2.09. The summed E-state index contributed by atoms with van der Waals surface area (Å²) in [6.45, 7) is 0.370. The van der Waals surface area contributed by atoms with E-state index in [2.05, 4.69) is 21.2 Å². The summed E-state index contributed by atoms with van der Waals surface area (Å²) in [4.78, 5) is 11.6. The van der Waals surface area contributed by atoms with Gasteiger partial charge < -0.3 is 15.2 Å². The Morgan fingerprint density at radius 2 is 1.86 bits per heavy atom. The summed E-state index contributed by atoms with van der Waals surface area (Å²) in [7, 11) is 0. The van der Waals surface area contributed by atoms with Crippen molar-refractivity contribution in [1.82, 2.24) is 5.32 Å². The lowest BCUT2D eigenvalue weighted by Gasteiger charge is -2.12. The number of alkyl carbamates (subject to hydrolysis) is 1. The predicted molar refractivity (Wildman–Crippen MR) is 88.5 cm³/mol. The second kappa shape index (κ2) is 8.56. The molecule has 0 aliphatic carbocycles. The van der Waals surface area contributed by atoms with Crippen molar-refractivity contribution in [1.29, 1.82) is 0 Å². The van der Waals surface area contributed by atoms with Gasteiger partial charge in [0.05, 0.1) is 6.10 Å². The molecule has 1 atom stereocenters. The molecule has 1 unspecified atom stereocenters. The summed E-state index contributed by atoms with van der Waals surface area (Å²) in [6, 6.07) is 17.2. The summed E-state index contributed by atoms with van der Waals surface area (Å²) >= 11 is 3.39. The van der Waals surface area contributed by atoms with Gasteiger partial charge in [0.2, 0.25) is 0 Å². The molecule has 0 saturated carbocycles. The molecule has 4 nitrogen and oxygen atoms in total. The van der Waals surface area contributed by atoms with Crippen LogP contribution in [0.15, 0.2) is 59.1 Å². The third kappa shape index (κ3) is 5.87. The molecule has 0 aliphatic heterocycles. The van der Waals surface area contributed by atoms with Gasteiger partial charge in [-0.3, -0.25) is 0 Å². The number of aliphatic hydroxyl groups is 1. The van der Waals surface area contributed by atoms with Gasteiger partial charge in [0.25, 0.3) is 0 Å². The van der Waals surface area contributed by atoms with Gasteiger partial charge in [-0.15, -0.1) is 0 Å². The molecule has 0 aliphatic rings. The van der Waals surface area contributed by atoms with E-state index in [1.807, 2.05) is 54.6 Å². The van der Waals surface area contributed by atoms with Crippen molar-refractivity contribution in [2.75, 3.05) is 6.54 Å². The molecule has 22 heavy (non-hydrogen) atoms. The Bertz CT molecular complexity index is 604. The zero-order valence-electron chi connectivity index (χ0n) is 12.0. The summed E-state index contributed by atoms with van der Waals surface area (Å²) < 4.78 is 6.04. The van der Waals surface area contributed by atoms with Crippen molar-refractivity contribution < 1.29 is 14.6 Å². The number of aliphatic hydroxyl groups excluding tert-OH is 1. The number of amides is 1. The summed E-state index contributed by atoms with van der Waals surface area (Å²) in [5.41, 5.74) is 1.92. The number of carbonyl (C=O) groups excluding carboxylic acids is 1. The molecule has 0 saturated heterocycles. The smallest absolute Gasteiger partial charge is 0.407 e. The highest BCUT2D eigenvalue weighted by atomic mass is 79.9. The molecular weight excluding hydrogens is 346 g/mol. The molecule has 0 bridgehead atoms. The lowest BCUT2D eigenvalue weighted by molar-refractivity contribution is 0.125. The molecule has 0 heterocycles. The first kappa shape index (κ1) is 16.5. The molecule has 116 valence electrons. The maximum atomic E-state index is 11.6. The number of nitrogens with one attached hydrogen (secondary N) is 1. The average molecular weight is 364 g/mol. The Morgan fingerprint density at radius 1 is 1.14 bits per heavy atom. The van der Waals surface area contributed by atoms with Crippen LogP contribution in [0.3, 0.4) is 0 Å². The van der Waals surface area contributed by atoms with Gasteiger partial charge in [0.15, 0.2) is 0 Å². The Balaban J connectivity index is 1.69. The van der Waals surface area contributed by atoms with E-state index in [0.29, 0.717) is 6.42 Å². The first-order valence-corrected chi connectivity index (χ1v) is 7.80. The molecule has 0 aromatic heterocycles. The van der Waals surface area contributed by atoms with Crippen LogP contribution in [-0.2, 0) is 17.8 Å². The normalized spacial score (nSPS) is 11.7. The van der Waals surface area contributed by atoms with Crippen molar-refractivity contribution in [2.45, 2.75) is 19.1 Å². The summed E-state index contributed by atoms with van der Waals surface area (Å²) in [5, 5.41) is 12.5. The molecule has 2 N–H and O–H groups in total. The summed E-state index contributed by atoms with van der Waals surface area (Å²) in [6.07, 6.45) is -0.714. The van der Waals surface area contributed by atoms with Gasteiger partial charge in [-0.25, -0.2) is 4.79 Å². The zero-order chi connectivity index (χ0) is 15.8. The first-order valence-electron chi connectivity index (χ1n) is 7.00. The van der Waals surface area contributed by atoms with E-state index in [-0.39, 0.29) is 13.2 Å². The van der Waals surface area contributed by atoms with E-state index in [1.54, 1.807) is 0 Å². The summed E-state index contributed by atoms with van der Waals surface area (Å²) in [5.74, 6) is 0. The lowest BCUT2D eigenvalue weighted by Crippen LogP contribution is -2.33. The van der Waals surface area contributed by atoms with Crippen LogP contribution in [0.25, 0.3) is 0 Å². The fourth-order valence-electron chi connectivity index (χ4n) is 1.98. The zero-order valence-corrected chi connectivity index (χ0v) is 13.6. The van der Waals surface area contributed by atoms with E-state index in [1.165, 1.54) is 0 Å². The van der Waals surface area contributed by atoms with Crippen molar-refractivity contribution in [2.24, 2.45) is 0 Å². The number of benzene rings is 2. The van der Waals surface area contributed by atoms with Crippen molar-refractivity contribution in [3.63, 3.8) is 0 Å². The fraction of sp³-hybridized carbons (Fsp3) is 0.235. The predicted octanol–water partition coefficient (Wildman–Crippen LogP) is 3.28. The van der Waals surface area contributed by atoms with E-state index < -0.39 is 12.2 Å². The molecule has 5 heteroatoms. The van der Waals surface area contributed by atoms with E-state index in [4.69, 9.17) is 4.74 Å². The number of carbonyl (C=O) groups is 1. The van der Waals surface area contributed by atoms with Gasteiger partial charge in [-0.2, -0.15) is 0 Å². The highest BCUT2D eigenvalue weighted by Crippen LogP contribution is 2.13. The number of halogens is 1. The van der Waals surface area contributed by atoms with Crippen LogP contribution in [0.4, 0.5) is 4.79 Å². The van der Waals surface area contributed by atoms with Gasteiger partial charge in [0.1, 0.15) is 6.61 Å². The highest BCUT2D eigenvalue weighted by molar-refractivity contribution is 9.10. The Morgan fingerprint density at radius 3 is 2.59 bits per heavy atom. The SMILES string of the molecule is O=C(NCC(O)Cc1cccc(Br)c1)OCc1ccccc1. The van der Waals surface area contributed by atoms with Crippen molar-refractivity contribution in [3.8, 4) is 0 Å². The van der Waals surface area contributed by atoms with Gasteiger partial charge >= 0.3 is 6.09 Å². The van der Waals surface area contributed by atoms with Crippen molar-refractivity contribution in [3.05, 3.63) is 70.2 Å². The second-order valence-electron chi connectivity index (χ2n) is 4.93. The van der Waals surface area contributed by atoms with Crippen LogP contribution < -0.4 is 5.32 Å². The van der Waals surface area contributed by atoms with E-state index >= 15 is 0 Å². The number of rotatable bonds is 6. The van der Waals surface area contributed by atoms with Gasteiger partial charge in [-0.1, -0.05) is 58.4 Å². The Kier molecular flexibility index (Phi) is 6.43. The minimum Gasteiger partial charge on any atom is -0.445 e. The number of hydrogen-bond donors (Lipinski definition) is 2. The van der Waals surface area contributed by atoms with Crippen LogP contribution in [0, 0.1) is 0 Å². The van der Waals surface area contributed by atoms with Crippen LogP contribution >= 0.6 is 15.9 Å². The second-order valence-corrected chi connectivity index (χ2v) is 5.85. The minimum absolute atomic E-state index is 0.153. The van der Waals surface area contributed by atoms with Crippen LogP contribution in [0.5, 0.6) is 0 Å². The molecular formula is C17H18BrNO3. The third-order valence-corrected chi connectivity index (χ3v) is 3.55. The number of hydrogen-bond acceptors (Lipinski definition) is 3. The topological polar surface area (TPSA) is 58.6 Å². The lowest BCUT2D eigenvalue weighted by atomic mass is 10.1. The van der Waals surface area contributed by atoms with E-state index in [9.17, 15) is 9.90 Å². The minimum atomic E-state index is -0.654. The van der Waals surface area contributed by atoms with E-state index in [0.717, 1.165) is 15.6 Å². The standard InChI is InChI=1S/C17H18BrNO3/c18-15-8-4-7-14(9-15)10-16(20)11-19-17(21)22-12-13-5-2-1-3-6-13/h1-9,16,20H,10-12H2,(H,19,21). The molecule has 0 spiro atoms. The van der Waals surface area contributed by atoms with Crippen LogP contribution in [-0.4, -0.2) is 23.8 Å². The maximum Gasteiger partial charge on any atom is 0.407 e. The largest absolute Gasteiger partial charge is 0.445 e. The van der Waals surface area contributed by atoms with Crippen molar-refractivity contribution >= 4 is 22.0 Å². The average Bonchev–Trinajstić information content (AvgIpc) is 2.52. The first-order chi connectivity index (χ1) is 10.6. The van der Waals surface area contributed by atoms with Gasteiger partial charge in [0, 0.05) is 17.4 Å².